The van der Waals surface area contributed by atoms with Crippen molar-refractivity contribution >= 4 is 0 Å². The molecule has 0 radical (unpaired) electrons. The fraction of sp³-hybridized carbons (Fsp3) is 0.214. The zero-order chi connectivity index (χ0) is 27.6. The SMILES string of the molecule is CCOc1cc(CC)cc(-c2coc(-c3cc(C(F)(F)F)c(C#N)c(=O)n3Cc3ccc(F)cc3F)c2)c1. The second-order valence-electron chi connectivity index (χ2n) is 8.41. The molecule has 10 heteroatoms. The Hall–Kier alpha value is -4.39. The van der Waals surface area contributed by atoms with Crippen LogP contribution in [-0.4, -0.2) is 11.2 Å². The normalized spacial score (nSPS) is 11.4. The zero-order valence-electron chi connectivity index (χ0n) is 20.3. The Balaban J connectivity index is 1.91. The first kappa shape index (κ1) is 26.7. The maximum Gasteiger partial charge on any atom is 0.417 e. The lowest BCUT2D eigenvalue weighted by atomic mass is 10.0. The summed E-state index contributed by atoms with van der Waals surface area (Å²) in [4.78, 5) is 13.1. The van der Waals surface area contributed by atoms with E-state index in [2.05, 4.69) is 0 Å². The summed E-state index contributed by atoms with van der Waals surface area (Å²) in [6, 6.07) is 11.5. The number of hydrogen-bond acceptors (Lipinski definition) is 4. The minimum absolute atomic E-state index is 0.116. The number of nitrogens with zero attached hydrogens (tertiary/aromatic N) is 2. The molecular weight excluding hydrogens is 507 g/mol. The van der Waals surface area contributed by atoms with Gasteiger partial charge in [-0.2, -0.15) is 18.4 Å². The van der Waals surface area contributed by atoms with E-state index >= 15 is 0 Å². The third-order valence-corrected chi connectivity index (χ3v) is 5.93. The first-order valence-electron chi connectivity index (χ1n) is 11.6. The molecule has 2 heterocycles. The number of halogens is 5. The van der Waals surface area contributed by atoms with E-state index in [0.717, 1.165) is 22.3 Å². The van der Waals surface area contributed by atoms with Crippen LogP contribution in [0.15, 0.2) is 64.0 Å². The predicted octanol–water partition coefficient (Wildman–Crippen LogP) is 6.95. The van der Waals surface area contributed by atoms with Crippen LogP contribution in [0.5, 0.6) is 5.75 Å². The number of hydrogen-bond donors (Lipinski definition) is 0. The van der Waals surface area contributed by atoms with Crippen molar-refractivity contribution in [1.82, 2.24) is 4.57 Å². The summed E-state index contributed by atoms with van der Waals surface area (Å²) in [6.45, 7) is 3.66. The maximum atomic E-state index is 14.4. The van der Waals surface area contributed by atoms with Gasteiger partial charge in [-0.3, -0.25) is 9.36 Å². The number of aromatic nitrogens is 1. The van der Waals surface area contributed by atoms with Gasteiger partial charge in [-0.1, -0.05) is 19.1 Å². The minimum atomic E-state index is -5.02. The fourth-order valence-electron chi connectivity index (χ4n) is 4.06. The van der Waals surface area contributed by atoms with Crippen molar-refractivity contribution in [3.05, 3.63) is 99.0 Å². The summed E-state index contributed by atoms with van der Waals surface area (Å²) in [5.41, 5.74) is -2.24. The van der Waals surface area contributed by atoms with Crippen molar-refractivity contribution in [1.29, 1.82) is 5.26 Å². The van der Waals surface area contributed by atoms with Gasteiger partial charge in [0.1, 0.15) is 29.0 Å². The molecule has 196 valence electrons. The Kier molecular flexibility index (Phi) is 7.39. The number of nitriles is 1. The quantitative estimate of drug-likeness (QED) is 0.244. The lowest BCUT2D eigenvalue weighted by Crippen LogP contribution is -2.29. The van der Waals surface area contributed by atoms with E-state index in [1.54, 1.807) is 6.07 Å². The van der Waals surface area contributed by atoms with E-state index in [4.69, 9.17) is 9.15 Å². The smallest absolute Gasteiger partial charge is 0.417 e. The molecule has 0 saturated heterocycles. The Bertz CT molecular complexity index is 1600. The van der Waals surface area contributed by atoms with Crippen LogP contribution >= 0.6 is 0 Å². The van der Waals surface area contributed by atoms with Crippen LogP contribution < -0.4 is 10.3 Å². The summed E-state index contributed by atoms with van der Waals surface area (Å²) in [6.07, 6.45) is -3.00. The number of alkyl halides is 3. The molecule has 5 nitrogen and oxygen atoms in total. The fourth-order valence-corrected chi connectivity index (χ4v) is 4.06. The van der Waals surface area contributed by atoms with Crippen molar-refractivity contribution in [3.8, 4) is 34.4 Å². The molecule has 0 N–H and O–H groups in total. The molecule has 0 spiro atoms. The van der Waals surface area contributed by atoms with Gasteiger partial charge in [0.05, 0.1) is 30.7 Å². The van der Waals surface area contributed by atoms with E-state index < -0.39 is 41.0 Å². The number of pyridine rings is 1. The molecule has 0 aliphatic carbocycles. The number of aryl methyl sites for hydroxylation is 1. The third kappa shape index (κ3) is 5.32. The maximum absolute atomic E-state index is 14.4. The first-order chi connectivity index (χ1) is 18.0. The summed E-state index contributed by atoms with van der Waals surface area (Å²) < 4.78 is 81.2. The number of ether oxygens (including phenoxy) is 1. The van der Waals surface area contributed by atoms with Crippen LogP contribution in [-0.2, 0) is 19.1 Å². The predicted molar refractivity (Wildman–Crippen MR) is 130 cm³/mol. The summed E-state index contributed by atoms with van der Waals surface area (Å²) in [5.74, 6) is -1.37. The van der Waals surface area contributed by atoms with Gasteiger partial charge in [0.15, 0.2) is 5.76 Å². The highest BCUT2D eigenvalue weighted by Gasteiger charge is 2.37. The van der Waals surface area contributed by atoms with Crippen LogP contribution in [0.1, 0.15) is 36.1 Å². The minimum Gasteiger partial charge on any atom is -0.494 e. The molecule has 38 heavy (non-hydrogen) atoms. The van der Waals surface area contributed by atoms with Gasteiger partial charge in [-0.25, -0.2) is 8.78 Å². The van der Waals surface area contributed by atoms with E-state index in [1.165, 1.54) is 18.4 Å². The summed E-state index contributed by atoms with van der Waals surface area (Å²) in [7, 11) is 0. The Morgan fingerprint density at radius 3 is 2.42 bits per heavy atom. The average molecular weight is 528 g/mol. The molecule has 4 aromatic rings. The molecule has 2 aromatic carbocycles. The van der Waals surface area contributed by atoms with E-state index in [1.807, 2.05) is 26.0 Å². The van der Waals surface area contributed by atoms with Crippen molar-refractivity contribution in [2.45, 2.75) is 33.0 Å². The van der Waals surface area contributed by atoms with Crippen LogP contribution in [0.4, 0.5) is 22.0 Å². The second-order valence-corrected chi connectivity index (χ2v) is 8.41. The van der Waals surface area contributed by atoms with Crippen LogP contribution in [0, 0.1) is 23.0 Å². The monoisotopic (exact) mass is 528 g/mol. The van der Waals surface area contributed by atoms with Crippen molar-refractivity contribution in [2.24, 2.45) is 0 Å². The van der Waals surface area contributed by atoms with Gasteiger partial charge in [0.2, 0.25) is 0 Å². The highest BCUT2D eigenvalue weighted by molar-refractivity contribution is 5.71. The average Bonchev–Trinajstić information content (AvgIpc) is 3.36. The van der Waals surface area contributed by atoms with Crippen LogP contribution in [0.3, 0.4) is 0 Å². The number of benzene rings is 2. The van der Waals surface area contributed by atoms with Crippen molar-refractivity contribution in [2.75, 3.05) is 6.61 Å². The lowest BCUT2D eigenvalue weighted by Gasteiger charge is -2.16. The summed E-state index contributed by atoms with van der Waals surface area (Å²) >= 11 is 0. The number of furan rings is 1. The van der Waals surface area contributed by atoms with Gasteiger partial charge in [-0.15, -0.1) is 0 Å². The Morgan fingerprint density at radius 2 is 1.79 bits per heavy atom. The molecule has 0 fully saturated rings. The largest absolute Gasteiger partial charge is 0.494 e. The van der Waals surface area contributed by atoms with Crippen molar-refractivity contribution < 1.29 is 31.1 Å². The number of rotatable bonds is 7. The van der Waals surface area contributed by atoms with Gasteiger partial charge in [0, 0.05) is 17.2 Å². The molecule has 4 rings (SSSR count). The highest BCUT2D eigenvalue weighted by Crippen LogP contribution is 2.36. The lowest BCUT2D eigenvalue weighted by molar-refractivity contribution is -0.137. The molecule has 2 aromatic heterocycles. The molecular formula is C28H21F5N2O3. The summed E-state index contributed by atoms with van der Waals surface area (Å²) in [5, 5.41) is 9.36. The van der Waals surface area contributed by atoms with Crippen LogP contribution in [0.2, 0.25) is 0 Å². The van der Waals surface area contributed by atoms with E-state index in [9.17, 15) is 32.0 Å². The van der Waals surface area contributed by atoms with E-state index in [0.29, 0.717) is 42.0 Å². The van der Waals surface area contributed by atoms with Crippen LogP contribution in [0.25, 0.3) is 22.6 Å². The van der Waals surface area contributed by atoms with E-state index in [-0.39, 0.29) is 17.0 Å². The molecule has 0 unspecified atom stereocenters. The molecule has 0 amide bonds. The van der Waals surface area contributed by atoms with Gasteiger partial charge >= 0.3 is 6.18 Å². The molecule has 0 aliphatic rings. The first-order valence-corrected chi connectivity index (χ1v) is 11.6. The topological polar surface area (TPSA) is 68.2 Å². The van der Waals surface area contributed by atoms with Gasteiger partial charge in [-0.05, 0) is 54.8 Å². The van der Waals surface area contributed by atoms with Gasteiger partial charge in [0.25, 0.3) is 5.56 Å². The Labute approximate surface area is 214 Å². The molecule has 0 bridgehead atoms. The third-order valence-electron chi connectivity index (χ3n) is 5.93. The standard InChI is InChI=1S/C28H21F5N2O3/c1-3-16-7-18(9-21(8-16)37-4-2)19-10-26(38-15-19)25-12-23(28(31,32)33)22(13-34)27(36)35(25)14-17-5-6-20(29)11-24(17)30/h5-12,15H,3-4,14H2,1-2H3. The molecule has 0 atom stereocenters. The highest BCUT2D eigenvalue weighted by atomic mass is 19.4. The molecule has 0 saturated carbocycles. The van der Waals surface area contributed by atoms with Gasteiger partial charge < -0.3 is 9.15 Å². The second kappa shape index (κ2) is 10.5. The molecule has 0 aliphatic heterocycles. The Morgan fingerprint density at radius 1 is 1.03 bits per heavy atom. The van der Waals surface area contributed by atoms with Crippen molar-refractivity contribution in [3.63, 3.8) is 0 Å². The zero-order valence-corrected chi connectivity index (χ0v) is 20.3.